The Labute approximate surface area is 115 Å². The van der Waals surface area contributed by atoms with Gasteiger partial charge in [0.05, 0.1) is 11.3 Å². The van der Waals surface area contributed by atoms with E-state index in [9.17, 15) is 22.8 Å². The van der Waals surface area contributed by atoms with Crippen LogP contribution in [0, 0.1) is 0 Å². The van der Waals surface area contributed by atoms with E-state index in [-0.39, 0.29) is 29.8 Å². The fourth-order valence-corrected chi connectivity index (χ4v) is 2.26. The van der Waals surface area contributed by atoms with Crippen molar-refractivity contribution in [3.8, 4) is 0 Å². The lowest BCUT2D eigenvalue weighted by Crippen LogP contribution is -2.31. The lowest BCUT2D eigenvalue weighted by Gasteiger charge is -2.08. The quantitative estimate of drug-likeness (QED) is 0.656. The van der Waals surface area contributed by atoms with Crippen molar-refractivity contribution in [3.05, 3.63) is 33.7 Å². The van der Waals surface area contributed by atoms with Gasteiger partial charge in [-0.3, -0.25) is 14.4 Å². The highest BCUT2D eigenvalue weighted by molar-refractivity contribution is 7.90. The number of rotatable bonds is 6. The van der Waals surface area contributed by atoms with Gasteiger partial charge in [0.2, 0.25) is 5.91 Å². The molecule has 2 amide bonds. The number of hydrogen-bond donors (Lipinski definition) is 2. The third kappa shape index (κ3) is 4.19. The van der Waals surface area contributed by atoms with Crippen LogP contribution >= 0.6 is 0 Å². The van der Waals surface area contributed by atoms with Crippen LogP contribution in [0.2, 0.25) is 0 Å². The minimum absolute atomic E-state index is 0.0350. The first-order chi connectivity index (χ1) is 9.11. The standard InChI is InChI=1S/C11H15N3O5S/c1-20(18,19)4-2-3-14-6-7(9(12)15)5-8(10(13)16)11(14)17/h5-6H,2-4H2,1H3,(H2,12,15)(H2,13,16). The van der Waals surface area contributed by atoms with E-state index >= 15 is 0 Å². The first-order valence-electron chi connectivity index (χ1n) is 5.63. The topological polar surface area (TPSA) is 142 Å². The maximum Gasteiger partial charge on any atom is 0.263 e. The largest absolute Gasteiger partial charge is 0.366 e. The number of nitrogens with two attached hydrogens (primary N) is 2. The van der Waals surface area contributed by atoms with Crippen LogP contribution < -0.4 is 17.0 Å². The van der Waals surface area contributed by atoms with Gasteiger partial charge in [0.1, 0.15) is 15.4 Å². The lowest BCUT2D eigenvalue weighted by molar-refractivity contribution is 0.0998. The molecule has 9 heteroatoms. The third-order valence-electron chi connectivity index (χ3n) is 2.55. The van der Waals surface area contributed by atoms with E-state index in [4.69, 9.17) is 11.5 Å². The van der Waals surface area contributed by atoms with Crippen molar-refractivity contribution in [2.75, 3.05) is 12.0 Å². The molecular formula is C11H15N3O5S. The second kappa shape index (κ2) is 5.87. The summed E-state index contributed by atoms with van der Waals surface area (Å²) in [7, 11) is -3.16. The molecule has 0 aliphatic heterocycles. The van der Waals surface area contributed by atoms with E-state index in [1.165, 1.54) is 6.20 Å². The maximum absolute atomic E-state index is 11.9. The number of carbonyl (C=O) groups is 2. The summed E-state index contributed by atoms with van der Waals surface area (Å²) in [6.07, 6.45) is 2.42. The van der Waals surface area contributed by atoms with E-state index in [1.807, 2.05) is 0 Å². The van der Waals surface area contributed by atoms with Crippen LogP contribution in [0.4, 0.5) is 0 Å². The van der Waals surface area contributed by atoms with Gasteiger partial charge in [-0.25, -0.2) is 8.42 Å². The number of aromatic nitrogens is 1. The fraction of sp³-hybridized carbons (Fsp3) is 0.364. The van der Waals surface area contributed by atoms with E-state index in [2.05, 4.69) is 0 Å². The highest BCUT2D eigenvalue weighted by atomic mass is 32.2. The van der Waals surface area contributed by atoms with Crippen LogP contribution in [0.3, 0.4) is 0 Å². The van der Waals surface area contributed by atoms with Crippen LogP contribution in [0.5, 0.6) is 0 Å². The van der Waals surface area contributed by atoms with Gasteiger partial charge in [0.15, 0.2) is 0 Å². The molecule has 0 saturated heterocycles. The zero-order valence-corrected chi connectivity index (χ0v) is 11.6. The summed E-state index contributed by atoms with van der Waals surface area (Å²) in [6, 6.07) is 1.03. The molecule has 0 aromatic carbocycles. The number of aryl methyl sites for hydroxylation is 1. The summed E-state index contributed by atoms with van der Waals surface area (Å²) in [5.41, 5.74) is 9.06. The van der Waals surface area contributed by atoms with Crippen molar-refractivity contribution in [1.82, 2.24) is 4.57 Å². The molecule has 0 radical (unpaired) electrons. The molecule has 4 N–H and O–H groups in total. The highest BCUT2D eigenvalue weighted by Gasteiger charge is 2.14. The molecule has 0 aliphatic rings. The normalized spacial score (nSPS) is 11.2. The summed E-state index contributed by atoms with van der Waals surface area (Å²) < 4.78 is 23.1. The van der Waals surface area contributed by atoms with Gasteiger partial charge in [0, 0.05) is 19.0 Å². The van der Waals surface area contributed by atoms with Gasteiger partial charge in [-0.15, -0.1) is 0 Å². The first-order valence-corrected chi connectivity index (χ1v) is 7.69. The van der Waals surface area contributed by atoms with Gasteiger partial charge in [-0.1, -0.05) is 0 Å². The molecule has 0 bridgehead atoms. The number of carbonyl (C=O) groups excluding carboxylic acids is 2. The molecule has 0 saturated carbocycles. The number of sulfone groups is 1. The van der Waals surface area contributed by atoms with Gasteiger partial charge < -0.3 is 16.0 Å². The van der Waals surface area contributed by atoms with Crippen LogP contribution in [0.15, 0.2) is 17.1 Å². The van der Waals surface area contributed by atoms with E-state index < -0.39 is 27.2 Å². The molecule has 8 nitrogen and oxygen atoms in total. The molecule has 1 aromatic heterocycles. The molecule has 110 valence electrons. The Hall–Kier alpha value is -2.16. The molecule has 0 fully saturated rings. The van der Waals surface area contributed by atoms with Gasteiger partial charge in [-0.05, 0) is 12.5 Å². The van der Waals surface area contributed by atoms with Gasteiger partial charge in [-0.2, -0.15) is 0 Å². The average molecular weight is 301 g/mol. The van der Waals surface area contributed by atoms with Crippen molar-refractivity contribution in [2.45, 2.75) is 13.0 Å². The SMILES string of the molecule is CS(=O)(=O)CCCn1cc(C(N)=O)cc(C(N)=O)c1=O. The predicted octanol–water partition coefficient (Wildman–Crippen LogP) is -1.52. The minimum Gasteiger partial charge on any atom is -0.366 e. The molecule has 0 atom stereocenters. The van der Waals surface area contributed by atoms with Crippen molar-refractivity contribution in [2.24, 2.45) is 11.5 Å². The highest BCUT2D eigenvalue weighted by Crippen LogP contribution is 2.02. The Morgan fingerprint density at radius 3 is 2.30 bits per heavy atom. The summed E-state index contributed by atoms with van der Waals surface area (Å²) in [5.74, 6) is -1.91. The minimum atomic E-state index is -3.16. The number of hydrogen-bond acceptors (Lipinski definition) is 5. The van der Waals surface area contributed by atoms with Crippen LogP contribution in [0.1, 0.15) is 27.1 Å². The molecule has 0 aliphatic carbocycles. The third-order valence-corrected chi connectivity index (χ3v) is 3.58. The summed E-state index contributed by atoms with van der Waals surface area (Å²) in [6.45, 7) is 0.0350. The van der Waals surface area contributed by atoms with E-state index in [0.717, 1.165) is 16.9 Å². The molecule has 1 heterocycles. The maximum atomic E-state index is 11.9. The molecule has 0 spiro atoms. The molecular weight excluding hydrogens is 286 g/mol. The Kier molecular flexibility index (Phi) is 4.66. The van der Waals surface area contributed by atoms with Crippen molar-refractivity contribution in [1.29, 1.82) is 0 Å². The Bertz CT molecular complexity index is 705. The second-order valence-corrected chi connectivity index (χ2v) is 6.61. The molecule has 1 rings (SSSR count). The van der Waals surface area contributed by atoms with Crippen LogP contribution in [0.25, 0.3) is 0 Å². The number of nitrogens with zero attached hydrogens (tertiary/aromatic N) is 1. The Morgan fingerprint density at radius 1 is 1.25 bits per heavy atom. The number of pyridine rings is 1. The summed E-state index contributed by atoms with van der Waals surface area (Å²) in [4.78, 5) is 34.2. The summed E-state index contributed by atoms with van der Waals surface area (Å²) >= 11 is 0. The monoisotopic (exact) mass is 301 g/mol. The lowest BCUT2D eigenvalue weighted by atomic mass is 10.1. The number of primary amides is 2. The fourth-order valence-electron chi connectivity index (χ4n) is 1.61. The van der Waals surface area contributed by atoms with Gasteiger partial charge >= 0.3 is 0 Å². The zero-order chi connectivity index (χ0) is 15.5. The predicted molar refractivity (Wildman–Crippen MR) is 72.1 cm³/mol. The first kappa shape index (κ1) is 15.9. The smallest absolute Gasteiger partial charge is 0.263 e. The van der Waals surface area contributed by atoms with Crippen molar-refractivity contribution >= 4 is 21.7 Å². The van der Waals surface area contributed by atoms with Crippen LogP contribution in [-0.2, 0) is 16.4 Å². The molecule has 20 heavy (non-hydrogen) atoms. The zero-order valence-electron chi connectivity index (χ0n) is 10.8. The van der Waals surface area contributed by atoms with Crippen molar-refractivity contribution in [3.63, 3.8) is 0 Å². The van der Waals surface area contributed by atoms with E-state index in [0.29, 0.717) is 0 Å². The molecule has 1 aromatic rings. The number of amides is 2. The Balaban J connectivity index is 3.15. The molecule has 0 unspecified atom stereocenters. The Morgan fingerprint density at radius 2 is 1.85 bits per heavy atom. The van der Waals surface area contributed by atoms with Crippen molar-refractivity contribution < 1.29 is 18.0 Å². The average Bonchev–Trinajstić information content (AvgIpc) is 2.28. The second-order valence-electron chi connectivity index (χ2n) is 4.35. The van der Waals surface area contributed by atoms with E-state index in [1.54, 1.807) is 0 Å². The summed E-state index contributed by atoms with van der Waals surface area (Å²) in [5, 5.41) is 0. The van der Waals surface area contributed by atoms with Gasteiger partial charge in [0.25, 0.3) is 11.5 Å². The van der Waals surface area contributed by atoms with Crippen LogP contribution in [-0.4, -0.2) is 36.8 Å².